The van der Waals surface area contributed by atoms with Crippen LogP contribution < -0.4 is 0 Å². The van der Waals surface area contributed by atoms with E-state index in [0.717, 1.165) is 0 Å². The molecule has 1 N–H and O–H groups in total. The maximum atomic E-state index is 3.58. The molecule has 0 amide bonds. The van der Waals surface area contributed by atoms with Crippen molar-refractivity contribution in [1.29, 1.82) is 0 Å². The molecular weight excluding hydrogens is 508 g/mol. The summed E-state index contributed by atoms with van der Waals surface area (Å²) in [5, 5.41) is 7.57. The van der Waals surface area contributed by atoms with E-state index in [9.17, 15) is 0 Å². The normalized spacial score (nSPS) is 11.8. The van der Waals surface area contributed by atoms with Crippen molar-refractivity contribution in [2.45, 2.75) is 0 Å². The molecule has 2 heteroatoms. The summed E-state index contributed by atoms with van der Waals surface area (Å²) >= 11 is 0. The van der Waals surface area contributed by atoms with E-state index in [2.05, 4.69) is 161 Å². The van der Waals surface area contributed by atoms with Gasteiger partial charge in [-0.3, -0.25) is 0 Å². The van der Waals surface area contributed by atoms with Crippen LogP contribution in [0.2, 0.25) is 0 Å². The monoisotopic (exact) mass is 534 g/mol. The van der Waals surface area contributed by atoms with Gasteiger partial charge in [0.05, 0.1) is 11.0 Å². The van der Waals surface area contributed by atoms with Gasteiger partial charge in [-0.2, -0.15) is 0 Å². The summed E-state index contributed by atoms with van der Waals surface area (Å²) in [5.41, 5.74) is 10.9. The highest BCUT2D eigenvalue weighted by molar-refractivity contribution is 6.22. The topological polar surface area (TPSA) is 20.7 Å². The summed E-state index contributed by atoms with van der Waals surface area (Å²) in [4.78, 5) is 3.58. The Bertz CT molecular complexity index is 2440. The summed E-state index contributed by atoms with van der Waals surface area (Å²) in [6.45, 7) is 0. The molecule has 7 aromatic carbocycles. The van der Waals surface area contributed by atoms with Gasteiger partial charge in [0.2, 0.25) is 0 Å². The van der Waals surface area contributed by atoms with E-state index in [0.29, 0.717) is 0 Å². The lowest BCUT2D eigenvalue weighted by molar-refractivity contribution is 1.19. The molecule has 2 nitrogen and oxygen atoms in total. The van der Waals surface area contributed by atoms with Crippen molar-refractivity contribution in [1.82, 2.24) is 9.55 Å². The molecule has 0 bridgehead atoms. The molecule has 0 saturated heterocycles. The lowest BCUT2D eigenvalue weighted by atomic mass is 9.94. The van der Waals surface area contributed by atoms with E-state index in [1.54, 1.807) is 0 Å². The molecule has 0 saturated carbocycles. The Kier molecular flexibility index (Phi) is 4.93. The van der Waals surface area contributed by atoms with Crippen molar-refractivity contribution in [2.75, 3.05) is 0 Å². The molecule has 0 aliphatic heterocycles. The second-order valence-electron chi connectivity index (χ2n) is 11.1. The van der Waals surface area contributed by atoms with Crippen LogP contribution in [-0.2, 0) is 0 Å². The fourth-order valence-electron chi connectivity index (χ4n) is 6.78. The largest absolute Gasteiger partial charge is 0.355 e. The van der Waals surface area contributed by atoms with Crippen molar-refractivity contribution in [2.24, 2.45) is 0 Å². The Morgan fingerprint density at radius 3 is 1.83 bits per heavy atom. The van der Waals surface area contributed by atoms with Crippen LogP contribution in [0.1, 0.15) is 0 Å². The molecule has 9 aromatic rings. The predicted octanol–water partition coefficient (Wildman–Crippen LogP) is 10.9. The number of nitrogens with zero attached hydrogens (tertiary/aromatic N) is 1. The molecular formula is C40H26N2. The average Bonchev–Trinajstić information content (AvgIpc) is 3.60. The molecule has 2 heterocycles. The minimum atomic E-state index is 1.17. The van der Waals surface area contributed by atoms with E-state index in [1.165, 1.54) is 82.3 Å². The number of para-hydroxylation sites is 2. The molecule has 9 rings (SSSR count). The Labute approximate surface area is 243 Å². The van der Waals surface area contributed by atoms with Crippen LogP contribution >= 0.6 is 0 Å². The third-order valence-electron chi connectivity index (χ3n) is 8.72. The van der Waals surface area contributed by atoms with Crippen molar-refractivity contribution < 1.29 is 0 Å². The Hall–Kier alpha value is -5.60. The van der Waals surface area contributed by atoms with Gasteiger partial charge < -0.3 is 9.55 Å². The van der Waals surface area contributed by atoms with E-state index < -0.39 is 0 Å². The number of rotatable bonds is 3. The molecule has 0 fully saturated rings. The summed E-state index contributed by atoms with van der Waals surface area (Å²) in [5.74, 6) is 0. The first-order chi connectivity index (χ1) is 20.8. The zero-order valence-corrected chi connectivity index (χ0v) is 22.9. The molecule has 0 spiro atoms. The van der Waals surface area contributed by atoms with Gasteiger partial charge in [-0.15, -0.1) is 0 Å². The first-order valence-corrected chi connectivity index (χ1v) is 14.5. The van der Waals surface area contributed by atoms with Crippen LogP contribution in [0.3, 0.4) is 0 Å². The van der Waals surface area contributed by atoms with Crippen LogP contribution in [0.25, 0.3) is 82.3 Å². The maximum absolute atomic E-state index is 3.58. The standard InChI is InChI=1S/C40H26N2/c1-2-10-26(11-3-1)27-18-21-29(22-19-27)42-39-17-9-7-14-32(39)36-25-34(30-12-4-5-15-33(30)40(36)42)28-20-23-38-35(24-28)31-13-6-8-16-37(31)41-38/h1-25,41H. The number of benzene rings is 7. The first kappa shape index (κ1) is 23.1. The third-order valence-corrected chi connectivity index (χ3v) is 8.72. The van der Waals surface area contributed by atoms with Gasteiger partial charge in [-0.05, 0) is 70.1 Å². The molecule has 2 aromatic heterocycles. The van der Waals surface area contributed by atoms with Gasteiger partial charge >= 0.3 is 0 Å². The predicted molar refractivity (Wildman–Crippen MR) is 179 cm³/mol. The van der Waals surface area contributed by atoms with Gasteiger partial charge in [0.15, 0.2) is 0 Å². The maximum Gasteiger partial charge on any atom is 0.0619 e. The minimum Gasteiger partial charge on any atom is -0.355 e. The number of H-pyrrole nitrogens is 1. The van der Waals surface area contributed by atoms with Crippen molar-refractivity contribution in [3.8, 4) is 27.9 Å². The van der Waals surface area contributed by atoms with Gasteiger partial charge in [0.1, 0.15) is 0 Å². The van der Waals surface area contributed by atoms with Gasteiger partial charge in [-0.25, -0.2) is 0 Å². The number of hydrogen-bond acceptors (Lipinski definition) is 0. The zero-order chi connectivity index (χ0) is 27.6. The Balaban J connectivity index is 1.33. The minimum absolute atomic E-state index is 1.17. The summed E-state index contributed by atoms with van der Waals surface area (Å²) in [6.07, 6.45) is 0. The van der Waals surface area contributed by atoms with E-state index in [-0.39, 0.29) is 0 Å². The summed E-state index contributed by atoms with van der Waals surface area (Å²) in [7, 11) is 0. The highest BCUT2D eigenvalue weighted by atomic mass is 15.0. The van der Waals surface area contributed by atoms with Crippen molar-refractivity contribution >= 4 is 54.4 Å². The molecule has 0 radical (unpaired) electrons. The second-order valence-corrected chi connectivity index (χ2v) is 11.1. The molecule has 0 atom stereocenters. The van der Waals surface area contributed by atoms with Crippen LogP contribution in [0.15, 0.2) is 152 Å². The summed E-state index contributed by atoms with van der Waals surface area (Å²) in [6, 6.07) is 55.0. The second kappa shape index (κ2) is 8.95. The number of hydrogen-bond donors (Lipinski definition) is 1. The van der Waals surface area contributed by atoms with Gasteiger partial charge in [0.25, 0.3) is 0 Å². The van der Waals surface area contributed by atoms with Gasteiger partial charge in [0, 0.05) is 43.7 Å². The fourth-order valence-corrected chi connectivity index (χ4v) is 6.78. The van der Waals surface area contributed by atoms with Crippen LogP contribution in [0, 0.1) is 0 Å². The molecule has 0 unspecified atom stereocenters. The van der Waals surface area contributed by atoms with Crippen molar-refractivity contribution in [3.05, 3.63) is 152 Å². The highest BCUT2D eigenvalue weighted by Gasteiger charge is 2.18. The molecule has 0 aliphatic carbocycles. The zero-order valence-electron chi connectivity index (χ0n) is 22.9. The van der Waals surface area contributed by atoms with Crippen LogP contribution in [0.4, 0.5) is 0 Å². The summed E-state index contributed by atoms with van der Waals surface area (Å²) < 4.78 is 2.44. The number of aromatic nitrogens is 2. The quantitative estimate of drug-likeness (QED) is 0.233. The highest BCUT2D eigenvalue weighted by Crippen LogP contribution is 2.42. The Morgan fingerprint density at radius 2 is 1.00 bits per heavy atom. The number of aromatic amines is 1. The molecule has 42 heavy (non-hydrogen) atoms. The smallest absolute Gasteiger partial charge is 0.0619 e. The van der Waals surface area contributed by atoms with Gasteiger partial charge in [-0.1, -0.05) is 109 Å². The fraction of sp³-hybridized carbons (Fsp3) is 0. The average molecular weight is 535 g/mol. The number of fused-ring (bicyclic) bond motifs is 8. The van der Waals surface area contributed by atoms with E-state index in [4.69, 9.17) is 0 Å². The molecule has 196 valence electrons. The SMILES string of the molecule is c1ccc(-c2ccc(-n3c4ccccc4c4cc(-c5ccc6[nH]c7ccccc7c6c5)c5ccccc5c43)cc2)cc1. The van der Waals surface area contributed by atoms with E-state index in [1.807, 2.05) is 0 Å². The molecule has 0 aliphatic rings. The lowest BCUT2D eigenvalue weighted by Crippen LogP contribution is -1.95. The van der Waals surface area contributed by atoms with Crippen LogP contribution in [-0.4, -0.2) is 9.55 Å². The number of nitrogens with one attached hydrogen (secondary N) is 1. The van der Waals surface area contributed by atoms with Crippen molar-refractivity contribution in [3.63, 3.8) is 0 Å². The third kappa shape index (κ3) is 3.39. The van der Waals surface area contributed by atoms with E-state index >= 15 is 0 Å². The Morgan fingerprint density at radius 1 is 0.381 bits per heavy atom. The van der Waals surface area contributed by atoms with Crippen LogP contribution in [0.5, 0.6) is 0 Å². The first-order valence-electron chi connectivity index (χ1n) is 14.5. The lowest BCUT2D eigenvalue weighted by Gasteiger charge is -2.13.